The number of aromatic carboxylic acids is 1. The molecule has 0 amide bonds. The molecule has 0 unspecified atom stereocenters. The molecule has 3 heteroatoms. The molecule has 0 bridgehead atoms. The van der Waals surface area contributed by atoms with Crippen LogP contribution in [0.25, 0.3) is 0 Å². The summed E-state index contributed by atoms with van der Waals surface area (Å²) in [6, 6.07) is 6.79. The Morgan fingerprint density at radius 1 is 1.28 bits per heavy atom. The average Bonchev–Trinajstić information content (AvgIpc) is 2.35. The Morgan fingerprint density at radius 2 is 2.00 bits per heavy atom. The third-order valence-electron chi connectivity index (χ3n) is 2.91. The molecule has 18 heavy (non-hydrogen) atoms. The SMILES string of the molecule is CCCCCC[C@@H](C)Oc1ccccc1C(=O)O. The third-order valence-corrected chi connectivity index (χ3v) is 2.91. The summed E-state index contributed by atoms with van der Waals surface area (Å²) in [6.45, 7) is 4.17. The van der Waals surface area contributed by atoms with Gasteiger partial charge in [0.25, 0.3) is 0 Å². The maximum Gasteiger partial charge on any atom is 0.339 e. The van der Waals surface area contributed by atoms with Gasteiger partial charge in [0.2, 0.25) is 0 Å². The number of ether oxygens (including phenoxy) is 1. The van der Waals surface area contributed by atoms with Crippen molar-refractivity contribution in [2.45, 2.75) is 52.1 Å². The summed E-state index contributed by atoms with van der Waals surface area (Å²) in [6.07, 6.45) is 5.83. The quantitative estimate of drug-likeness (QED) is 0.706. The number of carbonyl (C=O) groups is 1. The number of carboxylic acid groups (broad SMARTS) is 1. The van der Waals surface area contributed by atoms with Gasteiger partial charge in [0.05, 0.1) is 6.10 Å². The van der Waals surface area contributed by atoms with E-state index in [0.29, 0.717) is 5.75 Å². The van der Waals surface area contributed by atoms with E-state index in [1.807, 2.05) is 6.92 Å². The summed E-state index contributed by atoms with van der Waals surface area (Å²) >= 11 is 0. The fourth-order valence-electron chi connectivity index (χ4n) is 1.88. The summed E-state index contributed by atoms with van der Waals surface area (Å²) in [5.74, 6) is -0.475. The highest BCUT2D eigenvalue weighted by Crippen LogP contribution is 2.20. The van der Waals surface area contributed by atoms with Crippen LogP contribution in [0.3, 0.4) is 0 Å². The van der Waals surface area contributed by atoms with E-state index in [9.17, 15) is 4.79 Å². The summed E-state index contributed by atoms with van der Waals surface area (Å²) in [4.78, 5) is 11.0. The molecule has 0 fully saturated rings. The average molecular weight is 250 g/mol. The van der Waals surface area contributed by atoms with E-state index in [2.05, 4.69) is 6.92 Å². The highest BCUT2D eigenvalue weighted by molar-refractivity contribution is 5.90. The normalized spacial score (nSPS) is 12.1. The molecule has 1 atom stereocenters. The molecule has 0 heterocycles. The lowest BCUT2D eigenvalue weighted by atomic mass is 10.1. The summed E-state index contributed by atoms with van der Waals surface area (Å²) in [7, 11) is 0. The van der Waals surface area contributed by atoms with Crippen LogP contribution in [0.15, 0.2) is 24.3 Å². The largest absolute Gasteiger partial charge is 0.490 e. The Kier molecular flexibility index (Phi) is 6.26. The monoisotopic (exact) mass is 250 g/mol. The van der Waals surface area contributed by atoms with Gasteiger partial charge in [0.15, 0.2) is 0 Å². The van der Waals surface area contributed by atoms with Gasteiger partial charge in [-0.2, -0.15) is 0 Å². The molecule has 0 aliphatic heterocycles. The summed E-state index contributed by atoms with van der Waals surface area (Å²) < 4.78 is 5.71. The molecular formula is C15H22O3. The molecule has 100 valence electrons. The van der Waals surface area contributed by atoms with Crippen molar-refractivity contribution >= 4 is 5.97 Å². The lowest BCUT2D eigenvalue weighted by molar-refractivity contribution is 0.0689. The molecule has 3 nitrogen and oxygen atoms in total. The minimum atomic E-state index is -0.941. The summed E-state index contributed by atoms with van der Waals surface area (Å²) in [5, 5.41) is 9.04. The van der Waals surface area contributed by atoms with Gasteiger partial charge in [0, 0.05) is 0 Å². The van der Waals surface area contributed by atoms with Crippen molar-refractivity contribution in [3.8, 4) is 5.75 Å². The predicted molar refractivity (Wildman–Crippen MR) is 72.3 cm³/mol. The van der Waals surface area contributed by atoms with Gasteiger partial charge in [-0.05, 0) is 31.9 Å². The highest BCUT2D eigenvalue weighted by atomic mass is 16.5. The van der Waals surface area contributed by atoms with Crippen LogP contribution in [0.1, 0.15) is 56.3 Å². The Morgan fingerprint density at radius 3 is 2.67 bits per heavy atom. The molecule has 0 saturated carbocycles. The number of hydrogen-bond donors (Lipinski definition) is 1. The Bertz CT molecular complexity index is 374. The van der Waals surface area contributed by atoms with Crippen molar-refractivity contribution in [3.05, 3.63) is 29.8 Å². The van der Waals surface area contributed by atoms with E-state index < -0.39 is 5.97 Å². The van der Waals surface area contributed by atoms with Crippen LogP contribution in [-0.4, -0.2) is 17.2 Å². The lowest BCUT2D eigenvalue weighted by Crippen LogP contribution is -2.13. The van der Waals surface area contributed by atoms with Crippen LogP contribution < -0.4 is 4.74 Å². The van der Waals surface area contributed by atoms with Crippen LogP contribution in [0.5, 0.6) is 5.75 Å². The number of para-hydroxylation sites is 1. The van der Waals surface area contributed by atoms with E-state index in [0.717, 1.165) is 12.8 Å². The molecule has 0 aromatic heterocycles. The first-order valence-electron chi connectivity index (χ1n) is 6.64. The molecule has 0 aliphatic rings. The van der Waals surface area contributed by atoms with Crippen molar-refractivity contribution in [1.82, 2.24) is 0 Å². The molecule has 0 radical (unpaired) electrons. The number of rotatable bonds is 8. The van der Waals surface area contributed by atoms with Gasteiger partial charge in [-0.15, -0.1) is 0 Å². The highest BCUT2D eigenvalue weighted by Gasteiger charge is 2.12. The topological polar surface area (TPSA) is 46.5 Å². The first-order valence-corrected chi connectivity index (χ1v) is 6.64. The smallest absolute Gasteiger partial charge is 0.339 e. The maximum absolute atomic E-state index is 11.0. The van der Waals surface area contributed by atoms with Gasteiger partial charge in [-0.25, -0.2) is 4.79 Å². The predicted octanol–water partition coefficient (Wildman–Crippen LogP) is 4.12. The van der Waals surface area contributed by atoms with Gasteiger partial charge in [-0.1, -0.05) is 38.3 Å². The molecule has 0 saturated heterocycles. The van der Waals surface area contributed by atoms with Crippen LogP contribution >= 0.6 is 0 Å². The van der Waals surface area contributed by atoms with E-state index in [1.54, 1.807) is 24.3 Å². The van der Waals surface area contributed by atoms with E-state index >= 15 is 0 Å². The summed E-state index contributed by atoms with van der Waals surface area (Å²) in [5.41, 5.74) is 0.234. The first kappa shape index (κ1) is 14.6. The zero-order valence-electron chi connectivity index (χ0n) is 11.2. The van der Waals surface area contributed by atoms with Crippen molar-refractivity contribution in [2.75, 3.05) is 0 Å². The van der Waals surface area contributed by atoms with Crippen molar-refractivity contribution < 1.29 is 14.6 Å². The second-order valence-electron chi connectivity index (χ2n) is 4.58. The van der Waals surface area contributed by atoms with Crippen molar-refractivity contribution in [1.29, 1.82) is 0 Å². The molecule has 1 rings (SSSR count). The van der Waals surface area contributed by atoms with Gasteiger partial charge >= 0.3 is 5.97 Å². The number of hydrogen-bond acceptors (Lipinski definition) is 2. The lowest BCUT2D eigenvalue weighted by Gasteiger charge is -2.16. The van der Waals surface area contributed by atoms with Gasteiger partial charge in [-0.3, -0.25) is 0 Å². The standard InChI is InChI=1S/C15H22O3/c1-3-4-5-6-9-12(2)18-14-11-8-7-10-13(14)15(16)17/h7-8,10-12H,3-6,9H2,1-2H3,(H,16,17)/t12-/m1/s1. The molecule has 1 aromatic carbocycles. The van der Waals surface area contributed by atoms with E-state index in [4.69, 9.17) is 9.84 Å². The molecule has 0 aliphatic carbocycles. The van der Waals surface area contributed by atoms with Gasteiger partial charge < -0.3 is 9.84 Å². The second kappa shape index (κ2) is 7.75. The Balaban J connectivity index is 2.48. The fraction of sp³-hybridized carbons (Fsp3) is 0.533. The number of carboxylic acids is 1. The molecular weight excluding hydrogens is 228 g/mol. The van der Waals surface area contributed by atoms with Crippen LogP contribution in [-0.2, 0) is 0 Å². The molecule has 1 aromatic rings. The zero-order chi connectivity index (χ0) is 13.4. The van der Waals surface area contributed by atoms with Crippen molar-refractivity contribution in [3.63, 3.8) is 0 Å². The van der Waals surface area contributed by atoms with Crippen LogP contribution in [0.2, 0.25) is 0 Å². The zero-order valence-corrected chi connectivity index (χ0v) is 11.2. The fourth-order valence-corrected chi connectivity index (χ4v) is 1.88. The van der Waals surface area contributed by atoms with Gasteiger partial charge in [0.1, 0.15) is 11.3 Å². The number of benzene rings is 1. The van der Waals surface area contributed by atoms with Crippen molar-refractivity contribution in [2.24, 2.45) is 0 Å². The first-order chi connectivity index (χ1) is 8.65. The second-order valence-corrected chi connectivity index (χ2v) is 4.58. The van der Waals surface area contributed by atoms with E-state index in [1.165, 1.54) is 19.3 Å². The Labute approximate surface area is 109 Å². The number of unbranched alkanes of at least 4 members (excludes halogenated alkanes) is 3. The maximum atomic E-state index is 11.0. The Hall–Kier alpha value is -1.51. The van der Waals surface area contributed by atoms with E-state index in [-0.39, 0.29) is 11.7 Å². The van der Waals surface area contributed by atoms with Crippen LogP contribution in [0.4, 0.5) is 0 Å². The molecule has 1 N–H and O–H groups in total. The minimum Gasteiger partial charge on any atom is -0.490 e. The minimum absolute atomic E-state index is 0.0577. The van der Waals surface area contributed by atoms with Crippen LogP contribution in [0, 0.1) is 0 Å². The molecule has 0 spiro atoms. The third kappa shape index (κ3) is 4.78.